The molecular formula is C20H28N4O3S2. The molecule has 1 aliphatic rings. The summed E-state index contributed by atoms with van der Waals surface area (Å²) >= 11 is 1.36. The van der Waals surface area contributed by atoms with Crippen LogP contribution in [0.4, 0.5) is 5.13 Å². The van der Waals surface area contributed by atoms with E-state index in [2.05, 4.69) is 22.4 Å². The van der Waals surface area contributed by atoms with E-state index in [9.17, 15) is 13.2 Å². The molecule has 1 fully saturated rings. The summed E-state index contributed by atoms with van der Waals surface area (Å²) in [5, 5.41) is 12.3. The van der Waals surface area contributed by atoms with Crippen LogP contribution in [-0.4, -0.2) is 41.9 Å². The van der Waals surface area contributed by atoms with Crippen LogP contribution in [0.15, 0.2) is 23.1 Å². The first-order valence-corrected chi connectivity index (χ1v) is 12.4. The second-order valence-corrected chi connectivity index (χ2v) is 10.4. The molecule has 0 radical (unpaired) electrons. The Bertz CT molecular complexity index is 950. The molecule has 1 N–H and O–H groups in total. The highest BCUT2D eigenvalue weighted by Crippen LogP contribution is 2.24. The van der Waals surface area contributed by atoms with Crippen molar-refractivity contribution in [2.45, 2.75) is 63.7 Å². The number of amides is 1. The van der Waals surface area contributed by atoms with Gasteiger partial charge in [-0.05, 0) is 43.9 Å². The van der Waals surface area contributed by atoms with E-state index in [0.29, 0.717) is 29.3 Å². The summed E-state index contributed by atoms with van der Waals surface area (Å²) in [5.41, 5.74) is 1.05. The van der Waals surface area contributed by atoms with Gasteiger partial charge in [-0.2, -0.15) is 4.31 Å². The van der Waals surface area contributed by atoms with Gasteiger partial charge in [-0.25, -0.2) is 8.42 Å². The zero-order valence-electron chi connectivity index (χ0n) is 17.0. The van der Waals surface area contributed by atoms with Crippen LogP contribution in [0.25, 0.3) is 0 Å². The van der Waals surface area contributed by atoms with E-state index < -0.39 is 10.0 Å². The molecule has 0 unspecified atom stereocenters. The highest BCUT2D eigenvalue weighted by atomic mass is 32.2. The number of aryl methyl sites for hydroxylation is 2. The van der Waals surface area contributed by atoms with Crippen molar-refractivity contribution in [1.29, 1.82) is 0 Å². The van der Waals surface area contributed by atoms with Gasteiger partial charge in [-0.3, -0.25) is 10.1 Å². The predicted octanol–water partition coefficient (Wildman–Crippen LogP) is 4.01. The van der Waals surface area contributed by atoms with Gasteiger partial charge in [-0.15, -0.1) is 10.2 Å². The van der Waals surface area contributed by atoms with Crippen molar-refractivity contribution in [2.24, 2.45) is 0 Å². The minimum Gasteiger partial charge on any atom is -0.296 e. The molecule has 0 atom stereocenters. The minimum atomic E-state index is -3.59. The van der Waals surface area contributed by atoms with Gasteiger partial charge in [0.25, 0.3) is 5.91 Å². The maximum atomic E-state index is 12.9. The fourth-order valence-corrected chi connectivity index (χ4v) is 5.68. The lowest BCUT2D eigenvalue weighted by Crippen LogP contribution is -2.35. The molecule has 1 aliphatic heterocycles. The van der Waals surface area contributed by atoms with Gasteiger partial charge in [0.15, 0.2) is 0 Å². The Labute approximate surface area is 176 Å². The second kappa shape index (κ2) is 9.77. The maximum Gasteiger partial charge on any atom is 0.257 e. The lowest BCUT2D eigenvalue weighted by molar-refractivity contribution is 0.102. The molecule has 158 valence electrons. The van der Waals surface area contributed by atoms with E-state index in [0.717, 1.165) is 50.0 Å². The van der Waals surface area contributed by atoms with Gasteiger partial charge < -0.3 is 0 Å². The number of hydrogen-bond acceptors (Lipinski definition) is 6. The lowest BCUT2D eigenvalue weighted by Gasteiger charge is -2.26. The van der Waals surface area contributed by atoms with Crippen molar-refractivity contribution < 1.29 is 13.2 Å². The third-order valence-corrected chi connectivity index (χ3v) is 7.88. The van der Waals surface area contributed by atoms with Crippen molar-refractivity contribution in [3.63, 3.8) is 0 Å². The Morgan fingerprint density at radius 3 is 2.66 bits per heavy atom. The van der Waals surface area contributed by atoms with Gasteiger partial charge in [-0.1, -0.05) is 43.6 Å². The molecule has 0 saturated carbocycles. The predicted molar refractivity (Wildman–Crippen MR) is 115 cm³/mol. The van der Waals surface area contributed by atoms with Crippen LogP contribution in [0.3, 0.4) is 0 Å². The SMILES string of the molecule is CCCCCc1nnc(NC(=O)c2cc(S(=O)(=O)N3CCCCC3)ccc2C)s1. The normalized spacial score (nSPS) is 15.4. The smallest absolute Gasteiger partial charge is 0.257 e. The highest BCUT2D eigenvalue weighted by molar-refractivity contribution is 7.89. The average Bonchev–Trinajstić information content (AvgIpc) is 3.16. The zero-order chi connectivity index (χ0) is 20.9. The van der Waals surface area contributed by atoms with Crippen molar-refractivity contribution in [3.8, 4) is 0 Å². The van der Waals surface area contributed by atoms with Crippen LogP contribution >= 0.6 is 11.3 Å². The standard InChI is InChI=1S/C20H28N4O3S2/c1-3-4-6-9-18-22-23-20(28-18)21-19(25)17-14-16(11-10-15(17)2)29(26,27)24-12-7-5-8-13-24/h10-11,14H,3-9,12-13H2,1-2H3,(H,21,23,25). The minimum absolute atomic E-state index is 0.160. The number of nitrogens with zero attached hydrogens (tertiary/aromatic N) is 3. The molecule has 0 spiro atoms. The molecule has 2 aromatic rings. The van der Waals surface area contributed by atoms with E-state index in [1.54, 1.807) is 19.1 Å². The Morgan fingerprint density at radius 2 is 1.93 bits per heavy atom. The van der Waals surface area contributed by atoms with E-state index in [1.165, 1.54) is 21.7 Å². The molecule has 2 heterocycles. The van der Waals surface area contributed by atoms with Crippen LogP contribution in [0, 0.1) is 6.92 Å². The van der Waals surface area contributed by atoms with Crippen molar-refractivity contribution in [2.75, 3.05) is 18.4 Å². The number of sulfonamides is 1. The van der Waals surface area contributed by atoms with E-state index >= 15 is 0 Å². The first-order chi connectivity index (χ1) is 13.9. The van der Waals surface area contributed by atoms with Crippen LogP contribution in [0.2, 0.25) is 0 Å². The molecule has 7 nitrogen and oxygen atoms in total. The summed E-state index contributed by atoms with van der Waals surface area (Å²) in [4.78, 5) is 12.9. The number of carbonyl (C=O) groups excluding carboxylic acids is 1. The summed E-state index contributed by atoms with van der Waals surface area (Å²) in [6.45, 7) is 5.00. The van der Waals surface area contributed by atoms with Crippen LogP contribution in [0.5, 0.6) is 0 Å². The molecule has 1 aromatic carbocycles. The van der Waals surface area contributed by atoms with Crippen molar-refractivity contribution in [1.82, 2.24) is 14.5 Å². The fourth-order valence-electron chi connectivity index (χ4n) is 3.36. The average molecular weight is 437 g/mol. The summed E-state index contributed by atoms with van der Waals surface area (Å²) in [7, 11) is -3.59. The molecule has 0 aliphatic carbocycles. The molecule has 1 saturated heterocycles. The van der Waals surface area contributed by atoms with Crippen LogP contribution in [-0.2, 0) is 16.4 Å². The number of aromatic nitrogens is 2. The number of carbonyl (C=O) groups is 1. The highest BCUT2D eigenvalue weighted by Gasteiger charge is 2.27. The van der Waals surface area contributed by atoms with Gasteiger partial charge in [0, 0.05) is 25.1 Å². The molecule has 1 amide bonds. The van der Waals surface area contributed by atoms with E-state index in [1.807, 2.05) is 0 Å². The Balaban J connectivity index is 1.74. The van der Waals surface area contributed by atoms with Gasteiger partial charge >= 0.3 is 0 Å². The van der Waals surface area contributed by atoms with E-state index in [-0.39, 0.29) is 10.8 Å². The largest absolute Gasteiger partial charge is 0.296 e. The molecule has 3 rings (SSSR count). The number of benzene rings is 1. The molecule has 29 heavy (non-hydrogen) atoms. The Kier molecular flexibility index (Phi) is 7.37. The second-order valence-electron chi connectivity index (χ2n) is 7.35. The number of nitrogens with one attached hydrogen (secondary N) is 1. The summed E-state index contributed by atoms with van der Waals surface area (Å²) < 4.78 is 27.4. The molecular weight excluding hydrogens is 408 g/mol. The lowest BCUT2D eigenvalue weighted by atomic mass is 10.1. The third kappa shape index (κ3) is 5.40. The van der Waals surface area contributed by atoms with Crippen molar-refractivity contribution >= 4 is 32.4 Å². The summed E-state index contributed by atoms with van der Waals surface area (Å²) in [5.74, 6) is -0.366. The maximum absolute atomic E-state index is 12.9. The number of unbranched alkanes of at least 4 members (excludes halogenated alkanes) is 2. The summed E-state index contributed by atoms with van der Waals surface area (Å²) in [6.07, 6.45) is 6.97. The van der Waals surface area contributed by atoms with Gasteiger partial charge in [0.1, 0.15) is 5.01 Å². The summed E-state index contributed by atoms with van der Waals surface area (Å²) in [6, 6.07) is 4.73. The molecule has 1 aromatic heterocycles. The molecule has 0 bridgehead atoms. The monoisotopic (exact) mass is 436 g/mol. The number of hydrogen-bond donors (Lipinski definition) is 1. The van der Waals surface area contributed by atoms with Gasteiger partial charge in [0.05, 0.1) is 4.90 Å². The van der Waals surface area contributed by atoms with Crippen LogP contribution in [0.1, 0.15) is 66.4 Å². The number of piperidine rings is 1. The molecule has 9 heteroatoms. The number of anilines is 1. The Morgan fingerprint density at radius 1 is 1.17 bits per heavy atom. The number of rotatable bonds is 8. The third-order valence-electron chi connectivity index (χ3n) is 5.09. The van der Waals surface area contributed by atoms with Crippen LogP contribution < -0.4 is 5.32 Å². The topological polar surface area (TPSA) is 92.3 Å². The quantitative estimate of drug-likeness (QED) is 0.631. The first-order valence-electron chi connectivity index (χ1n) is 10.2. The Hall–Kier alpha value is -1.84. The fraction of sp³-hybridized carbons (Fsp3) is 0.550. The zero-order valence-corrected chi connectivity index (χ0v) is 18.6. The van der Waals surface area contributed by atoms with Crippen molar-refractivity contribution in [3.05, 3.63) is 34.3 Å². The van der Waals surface area contributed by atoms with Gasteiger partial charge in [0.2, 0.25) is 15.2 Å². The van der Waals surface area contributed by atoms with E-state index in [4.69, 9.17) is 0 Å². The first kappa shape index (κ1) is 21.9.